The maximum Gasteiger partial charge on any atom is 0.253 e. The Kier molecular flexibility index (Phi) is 6.51. The molecule has 11 heteroatoms. The standard InChI is InChI=1S/C20H23ClFN5O3S/c1-11(2)10-27(31(4,29)30)18-5-6-23-20(26-18)24-12(3)14-7-13-8-15(21)16(22)9-17(13)25-19(14)28/h5-9,11-12H,10H2,1-4H3,(H,25,28)(H,23,24,26)/t12-/m0/s1. The van der Waals surface area contributed by atoms with Crippen molar-refractivity contribution in [2.24, 2.45) is 5.92 Å². The van der Waals surface area contributed by atoms with Crippen molar-refractivity contribution in [2.75, 3.05) is 22.4 Å². The van der Waals surface area contributed by atoms with Crippen LogP contribution in [-0.4, -0.2) is 36.2 Å². The highest BCUT2D eigenvalue weighted by Gasteiger charge is 2.21. The van der Waals surface area contributed by atoms with Crippen LogP contribution in [0.3, 0.4) is 0 Å². The Morgan fingerprint density at radius 2 is 1.97 bits per heavy atom. The van der Waals surface area contributed by atoms with Gasteiger partial charge in [0.2, 0.25) is 16.0 Å². The Labute approximate surface area is 184 Å². The van der Waals surface area contributed by atoms with E-state index in [2.05, 4.69) is 20.3 Å². The Bertz CT molecular complexity index is 1280. The summed E-state index contributed by atoms with van der Waals surface area (Å²) >= 11 is 5.85. The topological polar surface area (TPSA) is 108 Å². The molecule has 0 aliphatic heterocycles. The molecule has 31 heavy (non-hydrogen) atoms. The number of benzene rings is 1. The monoisotopic (exact) mass is 467 g/mol. The Morgan fingerprint density at radius 3 is 2.61 bits per heavy atom. The molecule has 3 rings (SSSR count). The van der Waals surface area contributed by atoms with Crippen molar-refractivity contribution >= 4 is 44.3 Å². The third-order valence-corrected chi connectivity index (χ3v) is 5.98. The molecule has 8 nitrogen and oxygen atoms in total. The van der Waals surface area contributed by atoms with Crippen molar-refractivity contribution < 1.29 is 12.8 Å². The first kappa shape index (κ1) is 23.0. The molecule has 3 aromatic rings. The molecular formula is C20H23ClFN5O3S. The van der Waals surface area contributed by atoms with Crippen LogP contribution in [0.15, 0.2) is 35.3 Å². The first-order chi connectivity index (χ1) is 14.5. The van der Waals surface area contributed by atoms with Gasteiger partial charge in [0.1, 0.15) is 11.6 Å². The summed E-state index contributed by atoms with van der Waals surface area (Å²) in [4.78, 5) is 23.6. The van der Waals surface area contributed by atoms with Crippen molar-refractivity contribution in [3.63, 3.8) is 0 Å². The highest BCUT2D eigenvalue weighted by molar-refractivity contribution is 7.92. The molecule has 1 atom stereocenters. The van der Waals surface area contributed by atoms with Gasteiger partial charge in [-0.1, -0.05) is 25.4 Å². The second-order valence-electron chi connectivity index (χ2n) is 7.70. The van der Waals surface area contributed by atoms with E-state index in [-0.39, 0.29) is 29.3 Å². The molecule has 0 unspecified atom stereocenters. The number of fused-ring (bicyclic) bond motifs is 1. The number of pyridine rings is 1. The van der Waals surface area contributed by atoms with Crippen molar-refractivity contribution in [2.45, 2.75) is 26.8 Å². The molecule has 0 radical (unpaired) electrons. The zero-order valence-electron chi connectivity index (χ0n) is 17.5. The molecule has 1 aromatic carbocycles. The summed E-state index contributed by atoms with van der Waals surface area (Å²) in [5.41, 5.74) is 0.299. The number of halogens is 2. The van der Waals surface area contributed by atoms with E-state index in [1.165, 1.54) is 28.7 Å². The lowest BCUT2D eigenvalue weighted by molar-refractivity contribution is 0.582. The molecule has 0 spiro atoms. The quantitative estimate of drug-likeness (QED) is 0.548. The lowest BCUT2D eigenvalue weighted by atomic mass is 10.1. The zero-order chi connectivity index (χ0) is 22.9. The summed E-state index contributed by atoms with van der Waals surface area (Å²) < 4.78 is 39.3. The molecule has 0 aliphatic rings. The number of H-pyrrole nitrogens is 1. The van der Waals surface area contributed by atoms with Crippen LogP contribution in [0.25, 0.3) is 10.9 Å². The first-order valence-corrected chi connectivity index (χ1v) is 11.8. The van der Waals surface area contributed by atoms with E-state index in [1.807, 2.05) is 13.8 Å². The van der Waals surface area contributed by atoms with E-state index >= 15 is 0 Å². The summed E-state index contributed by atoms with van der Waals surface area (Å²) in [5.74, 6) is -0.131. The summed E-state index contributed by atoms with van der Waals surface area (Å²) in [6.45, 7) is 5.82. The van der Waals surface area contributed by atoms with E-state index in [9.17, 15) is 17.6 Å². The molecule has 2 heterocycles. The van der Waals surface area contributed by atoms with E-state index < -0.39 is 27.4 Å². The van der Waals surface area contributed by atoms with Gasteiger partial charge >= 0.3 is 0 Å². The predicted molar refractivity (Wildman–Crippen MR) is 121 cm³/mol. The van der Waals surface area contributed by atoms with Gasteiger partial charge in [0.15, 0.2) is 0 Å². The predicted octanol–water partition coefficient (Wildman–Crippen LogP) is 3.71. The third kappa shape index (κ3) is 5.31. The number of aromatic nitrogens is 3. The fourth-order valence-electron chi connectivity index (χ4n) is 3.10. The van der Waals surface area contributed by atoms with Crippen LogP contribution in [0.2, 0.25) is 5.02 Å². The molecule has 0 saturated heterocycles. The number of anilines is 2. The van der Waals surface area contributed by atoms with Crippen molar-refractivity contribution in [3.05, 3.63) is 57.2 Å². The molecule has 0 fully saturated rings. The van der Waals surface area contributed by atoms with Gasteiger partial charge in [-0.2, -0.15) is 4.98 Å². The van der Waals surface area contributed by atoms with Crippen LogP contribution in [0.1, 0.15) is 32.4 Å². The minimum atomic E-state index is -3.53. The van der Waals surface area contributed by atoms with Gasteiger partial charge in [-0.05, 0) is 31.0 Å². The highest BCUT2D eigenvalue weighted by Crippen LogP contribution is 2.24. The first-order valence-electron chi connectivity index (χ1n) is 9.55. The molecule has 0 amide bonds. The second kappa shape index (κ2) is 8.80. The van der Waals surface area contributed by atoms with Gasteiger partial charge in [-0.3, -0.25) is 9.10 Å². The average molecular weight is 468 g/mol. The van der Waals surface area contributed by atoms with Crippen LogP contribution < -0.4 is 15.2 Å². The van der Waals surface area contributed by atoms with Crippen LogP contribution in [-0.2, 0) is 10.0 Å². The smallest absolute Gasteiger partial charge is 0.253 e. The van der Waals surface area contributed by atoms with E-state index in [4.69, 9.17) is 11.6 Å². The van der Waals surface area contributed by atoms with Crippen molar-refractivity contribution in [1.82, 2.24) is 15.0 Å². The van der Waals surface area contributed by atoms with Crippen LogP contribution in [0, 0.1) is 11.7 Å². The lowest BCUT2D eigenvalue weighted by Crippen LogP contribution is -2.34. The number of aromatic amines is 1. The zero-order valence-corrected chi connectivity index (χ0v) is 19.1. The average Bonchev–Trinajstić information content (AvgIpc) is 2.66. The van der Waals surface area contributed by atoms with Gasteiger partial charge in [0.05, 0.1) is 22.8 Å². The van der Waals surface area contributed by atoms with Gasteiger partial charge in [0, 0.05) is 29.8 Å². The maximum atomic E-state index is 13.7. The molecule has 166 valence electrons. The van der Waals surface area contributed by atoms with Gasteiger partial charge in [-0.15, -0.1) is 0 Å². The number of hydrogen-bond acceptors (Lipinski definition) is 6. The fraction of sp³-hybridized carbons (Fsp3) is 0.350. The largest absolute Gasteiger partial charge is 0.347 e. The number of hydrogen-bond donors (Lipinski definition) is 2. The number of sulfonamides is 1. The Morgan fingerprint density at radius 1 is 1.26 bits per heavy atom. The van der Waals surface area contributed by atoms with Gasteiger partial charge < -0.3 is 10.3 Å². The second-order valence-corrected chi connectivity index (χ2v) is 10.0. The molecule has 0 aliphatic carbocycles. The fourth-order valence-corrected chi connectivity index (χ4v) is 4.28. The van der Waals surface area contributed by atoms with Crippen molar-refractivity contribution in [3.8, 4) is 0 Å². The summed E-state index contributed by atoms with van der Waals surface area (Å²) in [5, 5.41) is 3.54. The van der Waals surface area contributed by atoms with Crippen molar-refractivity contribution in [1.29, 1.82) is 0 Å². The van der Waals surface area contributed by atoms with Crippen LogP contribution in [0.4, 0.5) is 16.2 Å². The molecular weight excluding hydrogens is 445 g/mol. The summed E-state index contributed by atoms with van der Waals surface area (Å²) in [6, 6.07) is 5.21. The third-order valence-electron chi connectivity index (χ3n) is 4.55. The maximum absolute atomic E-state index is 13.7. The molecule has 2 N–H and O–H groups in total. The minimum Gasteiger partial charge on any atom is -0.347 e. The Balaban J connectivity index is 1.93. The number of nitrogens with zero attached hydrogens (tertiary/aromatic N) is 3. The van der Waals surface area contributed by atoms with Gasteiger partial charge in [-0.25, -0.2) is 17.8 Å². The molecule has 0 saturated carbocycles. The lowest BCUT2D eigenvalue weighted by Gasteiger charge is -2.23. The highest BCUT2D eigenvalue weighted by atomic mass is 35.5. The number of rotatable bonds is 7. The summed E-state index contributed by atoms with van der Waals surface area (Å²) in [6.07, 6.45) is 2.57. The van der Waals surface area contributed by atoms with E-state index in [0.29, 0.717) is 16.5 Å². The molecule has 0 bridgehead atoms. The normalized spacial score (nSPS) is 12.9. The van der Waals surface area contributed by atoms with E-state index in [1.54, 1.807) is 13.0 Å². The number of nitrogens with one attached hydrogen (secondary N) is 2. The van der Waals surface area contributed by atoms with E-state index in [0.717, 1.165) is 6.26 Å². The Hall–Kier alpha value is -2.72. The van der Waals surface area contributed by atoms with Crippen LogP contribution in [0.5, 0.6) is 0 Å². The van der Waals surface area contributed by atoms with Gasteiger partial charge in [0.25, 0.3) is 5.56 Å². The molecule has 2 aromatic heterocycles. The minimum absolute atomic E-state index is 0.0480. The van der Waals surface area contributed by atoms with Crippen LogP contribution >= 0.6 is 11.6 Å². The SMILES string of the molecule is CC(C)CN(c1ccnc(N[C@@H](C)c2cc3cc(Cl)c(F)cc3[nH]c2=O)n1)S(C)(=O)=O. The summed E-state index contributed by atoms with van der Waals surface area (Å²) in [7, 11) is -3.53.